The zero-order chi connectivity index (χ0) is 16.9. The van der Waals surface area contributed by atoms with Gasteiger partial charge in [0.1, 0.15) is 0 Å². The lowest BCUT2D eigenvalue weighted by Gasteiger charge is -2.03. The molecule has 0 bridgehead atoms. The fraction of sp³-hybridized carbons (Fsp3) is 1.00. The molecule has 144 valence electrons. The zero-order valence-electron chi connectivity index (χ0n) is 17.5. The average molecular weight is 331 g/mol. The molecule has 0 saturated heterocycles. The summed E-state index contributed by atoms with van der Waals surface area (Å²) in [5.74, 6) is 0. The first kappa shape index (κ1) is 27.8. The van der Waals surface area contributed by atoms with Gasteiger partial charge < -0.3 is 11.1 Å². The SMILES string of the molecule is CCCCCCCCCCCCCCCCCC.CN(C)C.N. The van der Waals surface area contributed by atoms with E-state index < -0.39 is 0 Å². The summed E-state index contributed by atoms with van der Waals surface area (Å²) in [7, 11) is 6.00. The molecule has 0 fully saturated rings. The molecular weight excluding hydrogens is 280 g/mol. The summed E-state index contributed by atoms with van der Waals surface area (Å²) in [6.45, 7) is 4.59. The summed E-state index contributed by atoms with van der Waals surface area (Å²) in [6.07, 6.45) is 23.4. The maximum atomic E-state index is 2.29. The highest BCUT2D eigenvalue weighted by Crippen LogP contribution is 2.13. The molecule has 2 heteroatoms. The highest BCUT2D eigenvalue weighted by atomic mass is 15.0. The van der Waals surface area contributed by atoms with Crippen LogP contribution in [-0.2, 0) is 0 Å². The van der Waals surface area contributed by atoms with E-state index in [9.17, 15) is 0 Å². The molecule has 0 saturated carbocycles. The van der Waals surface area contributed by atoms with Crippen molar-refractivity contribution in [1.29, 1.82) is 0 Å². The van der Waals surface area contributed by atoms with Gasteiger partial charge in [0.05, 0.1) is 0 Å². The summed E-state index contributed by atoms with van der Waals surface area (Å²) in [5.41, 5.74) is 0. The van der Waals surface area contributed by atoms with E-state index in [-0.39, 0.29) is 6.15 Å². The number of hydrogen-bond acceptors (Lipinski definition) is 2. The summed E-state index contributed by atoms with van der Waals surface area (Å²) in [5, 5.41) is 0. The van der Waals surface area contributed by atoms with Gasteiger partial charge in [0.15, 0.2) is 0 Å². The van der Waals surface area contributed by atoms with Gasteiger partial charge in [-0.3, -0.25) is 0 Å². The van der Waals surface area contributed by atoms with E-state index in [4.69, 9.17) is 0 Å². The first-order chi connectivity index (χ1) is 10.6. The Morgan fingerprint density at radius 2 is 0.522 bits per heavy atom. The average Bonchev–Trinajstić information content (AvgIpc) is 2.47. The van der Waals surface area contributed by atoms with Crippen LogP contribution >= 0.6 is 0 Å². The quantitative estimate of drug-likeness (QED) is 0.314. The number of rotatable bonds is 15. The van der Waals surface area contributed by atoms with Gasteiger partial charge in [-0.2, -0.15) is 0 Å². The summed E-state index contributed by atoms with van der Waals surface area (Å²) < 4.78 is 0. The predicted molar refractivity (Wildman–Crippen MR) is 110 cm³/mol. The largest absolute Gasteiger partial charge is 0.344 e. The molecule has 0 aliphatic carbocycles. The standard InChI is InChI=1S/C18H38.C3H9N.H3N/c1-3-5-7-9-11-13-15-17-18-16-14-12-10-8-6-4-2;1-4(2)3;/h3-18H2,1-2H3;1-3H3;1H3. The van der Waals surface area contributed by atoms with Crippen molar-refractivity contribution in [3.05, 3.63) is 0 Å². The van der Waals surface area contributed by atoms with Gasteiger partial charge in [0, 0.05) is 0 Å². The predicted octanol–water partition coefficient (Wildman–Crippen LogP) is 7.61. The lowest BCUT2D eigenvalue weighted by molar-refractivity contribution is 0.505. The number of hydrogen-bond donors (Lipinski definition) is 1. The van der Waals surface area contributed by atoms with Gasteiger partial charge in [-0.15, -0.1) is 0 Å². The minimum atomic E-state index is 0. The van der Waals surface area contributed by atoms with E-state index in [1.807, 2.05) is 26.0 Å². The summed E-state index contributed by atoms with van der Waals surface area (Å²) in [4.78, 5) is 2.00. The Morgan fingerprint density at radius 3 is 0.652 bits per heavy atom. The highest BCUT2D eigenvalue weighted by Gasteiger charge is 1.93. The van der Waals surface area contributed by atoms with Crippen LogP contribution < -0.4 is 6.15 Å². The zero-order valence-corrected chi connectivity index (χ0v) is 17.5. The van der Waals surface area contributed by atoms with Gasteiger partial charge in [-0.25, -0.2) is 0 Å². The van der Waals surface area contributed by atoms with Gasteiger partial charge in [-0.1, -0.05) is 117 Å². The van der Waals surface area contributed by atoms with Crippen LogP contribution in [0.3, 0.4) is 0 Å². The Balaban J connectivity index is -0.000000712. The minimum Gasteiger partial charge on any atom is -0.344 e. The topological polar surface area (TPSA) is 38.2 Å². The van der Waals surface area contributed by atoms with E-state index in [1.54, 1.807) is 0 Å². The van der Waals surface area contributed by atoms with Crippen molar-refractivity contribution in [2.75, 3.05) is 21.1 Å². The highest BCUT2D eigenvalue weighted by molar-refractivity contribution is 4.49. The molecule has 0 spiro atoms. The van der Waals surface area contributed by atoms with Crippen LogP contribution in [0.2, 0.25) is 0 Å². The third kappa shape index (κ3) is 39.1. The van der Waals surface area contributed by atoms with Crippen LogP contribution in [0.1, 0.15) is 117 Å². The molecule has 0 radical (unpaired) electrons. The molecule has 0 aliphatic rings. The monoisotopic (exact) mass is 330 g/mol. The Labute approximate surface area is 149 Å². The molecule has 0 aromatic heterocycles. The first-order valence-corrected chi connectivity index (χ1v) is 10.3. The van der Waals surface area contributed by atoms with Crippen molar-refractivity contribution in [3.8, 4) is 0 Å². The molecule has 0 aromatic carbocycles. The molecule has 0 unspecified atom stereocenters. The van der Waals surface area contributed by atoms with E-state index in [0.29, 0.717) is 0 Å². The summed E-state index contributed by atoms with van der Waals surface area (Å²) >= 11 is 0. The molecule has 3 N–H and O–H groups in total. The Morgan fingerprint density at radius 1 is 0.391 bits per heavy atom. The second-order valence-corrected chi connectivity index (χ2v) is 7.29. The fourth-order valence-corrected chi connectivity index (χ4v) is 2.62. The molecule has 0 rings (SSSR count). The van der Waals surface area contributed by atoms with Crippen molar-refractivity contribution in [2.45, 2.75) is 117 Å². The molecule has 0 heterocycles. The third-order valence-electron chi connectivity index (χ3n) is 3.96. The number of unbranched alkanes of at least 4 members (excludes halogenated alkanes) is 15. The first-order valence-electron chi connectivity index (χ1n) is 10.3. The maximum absolute atomic E-state index is 2.29. The Bertz CT molecular complexity index is 150. The molecule has 2 nitrogen and oxygen atoms in total. The molecular formula is C21H50N2. The Kier molecular flexibility index (Phi) is 32.3. The minimum absolute atomic E-state index is 0. The van der Waals surface area contributed by atoms with Crippen molar-refractivity contribution in [2.24, 2.45) is 0 Å². The number of nitrogens with zero attached hydrogens (tertiary/aromatic N) is 1. The van der Waals surface area contributed by atoms with Crippen LogP contribution in [0, 0.1) is 0 Å². The van der Waals surface area contributed by atoms with Crippen molar-refractivity contribution >= 4 is 0 Å². The van der Waals surface area contributed by atoms with Crippen molar-refractivity contribution < 1.29 is 0 Å². The lowest BCUT2D eigenvalue weighted by atomic mass is 10.0. The second-order valence-electron chi connectivity index (χ2n) is 7.29. The van der Waals surface area contributed by atoms with Gasteiger partial charge >= 0.3 is 0 Å². The molecule has 23 heavy (non-hydrogen) atoms. The molecule has 0 aromatic rings. The second kappa shape index (κ2) is 26.8. The molecule has 0 amide bonds. The molecule has 0 atom stereocenters. The molecule has 0 aliphatic heterocycles. The maximum Gasteiger partial charge on any atom is -0.0140 e. The van der Waals surface area contributed by atoms with Crippen LogP contribution in [0.25, 0.3) is 0 Å². The van der Waals surface area contributed by atoms with E-state index in [2.05, 4.69) is 13.8 Å². The summed E-state index contributed by atoms with van der Waals surface area (Å²) in [6, 6.07) is 0. The van der Waals surface area contributed by atoms with Crippen molar-refractivity contribution in [3.63, 3.8) is 0 Å². The fourth-order valence-electron chi connectivity index (χ4n) is 2.62. The van der Waals surface area contributed by atoms with Crippen LogP contribution in [0.15, 0.2) is 0 Å². The third-order valence-corrected chi connectivity index (χ3v) is 3.96. The van der Waals surface area contributed by atoms with Crippen LogP contribution in [0.4, 0.5) is 0 Å². The van der Waals surface area contributed by atoms with E-state index in [1.165, 1.54) is 103 Å². The van der Waals surface area contributed by atoms with Crippen LogP contribution in [0.5, 0.6) is 0 Å². The lowest BCUT2D eigenvalue weighted by Crippen LogP contribution is -1.99. The Hall–Kier alpha value is -0.0800. The van der Waals surface area contributed by atoms with Gasteiger partial charge in [-0.05, 0) is 21.1 Å². The van der Waals surface area contributed by atoms with Gasteiger partial charge in [0.25, 0.3) is 0 Å². The van der Waals surface area contributed by atoms with E-state index >= 15 is 0 Å². The van der Waals surface area contributed by atoms with Crippen molar-refractivity contribution in [1.82, 2.24) is 11.1 Å². The normalized spacial score (nSPS) is 10.2. The van der Waals surface area contributed by atoms with Gasteiger partial charge in [0.2, 0.25) is 0 Å². The smallest absolute Gasteiger partial charge is 0.0140 e. The van der Waals surface area contributed by atoms with Crippen LogP contribution in [-0.4, -0.2) is 26.0 Å². The van der Waals surface area contributed by atoms with E-state index in [0.717, 1.165) is 0 Å².